The Morgan fingerprint density at radius 1 is 0.706 bits per heavy atom. The second-order valence-corrected chi connectivity index (χ2v) is 3.75. The van der Waals surface area contributed by atoms with Crippen molar-refractivity contribution in [2.75, 3.05) is 0 Å². The number of halogens is 1. The van der Waals surface area contributed by atoms with E-state index in [9.17, 15) is 0 Å². The Kier molecular flexibility index (Phi) is 5.02. The number of hydrogen-bond acceptors (Lipinski definition) is 4. The number of benzene rings is 1. The number of pyridine rings is 1. The molecule has 2 rings (SSSR count). The van der Waals surface area contributed by atoms with Gasteiger partial charge in [-0.3, -0.25) is 0 Å². The Morgan fingerprint density at radius 3 is 1.59 bits per heavy atom. The first-order valence-corrected chi connectivity index (χ1v) is 5.84. The predicted molar refractivity (Wildman–Crippen MR) is 48.0 cm³/mol. The van der Waals surface area contributed by atoms with Crippen LogP contribution in [0.3, 0.4) is 0 Å². The van der Waals surface area contributed by atoms with Gasteiger partial charge in [0, 0.05) is 24.3 Å². The van der Waals surface area contributed by atoms with Crippen molar-refractivity contribution >= 4 is 0 Å². The SMILES string of the molecule is [O-][Cl+3]([O-])([O-])[O-].c1ccc(-[n+]2ccccc2)cc1. The van der Waals surface area contributed by atoms with Gasteiger partial charge < -0.3 is 0 Å². The van der Waals surface area contributed by atoms with E-state index in [0.717, 1.165) is 0 Å². The van der Waals surface area contributed by atoms with Gasteiger partial charge >= 0.3 is 0 Å². The van der Waals surface area contributed by atoms with Crippen LogP contribution in [0.25, 0.3) is 5.69 Å². The highest BCUT2D eigenvalue weighted by Gasteiger charge is 1.99. The lowest BCUT2D eigenvalue weighted by molar-refractivity contribution is -2.00. The molecule has 0 fully saturated rings. The van der Waals surface area contributed by atoms with E-state index in [1.54, 1.807) is 0 Å². The van der Waals surface area contributed by atoms with Crippen molar-refractivity contribution in [1.82, 2.24) is 0 Å². The van der Waals surface area contributed by atoms with Gasteiger partial charge in [-0.05, 0) is 0 Å². The third kappa shape index (κ3) is 6.62. The van der Waals surface area contributed by atoms with Crippen LogP contribution < -0.4 is 23.2 Å². The molecule has 0 aliphatic heterocycles. The molecule has 0 aliphatic rings. The molecule has 0 atom stereocenters. The maximum Gasteiger partial charge on any atom is 0.210 e. The zero-order chi connectivity index (χ0) is 12.7. The summed E-state index contributed by atoms with van der Waals surface area (Å²) in [5.41, 5.74) is 1.19. The smallest absolute Gasteiger partial charge is 0.210 e. The van der Waals surface area contributed by atoms with Crippen molar-refractivity contribution in [2.24, 2.45) is 0 Å². The summed E-state index contributed by atoms with van der Waals surface area (Å²) in [6.07, 6.45) is 4.07. The van der Waals surface area contributed by atoms with Crippen molar-refractivity contribution in [3.05, 3.63) is 60.9 Å². The minimum Gasteiger partial charge on any atom is -0.222 e. The maximum absolute atomic E-state index is 8.49. The zero-order valence-electron chi connectivity index (χ0n) is 8.73. The van der Waals surface area contributed by atoms with Crippen LogP contribution in [0.4, 0.5) is 0 Å². The van der Waals surface area contributed by atoms with Gasteiger partial charge in [-0.1, -0.05) is 24.3 Å². The summed E-state index contributed by atoms with van der Waals surface area (Å²) < 4.78 is 36.1. The summed E-state index contributed by atoms with van der Waals surface area (Å²) in [5.74, 6) is 0. The maximum atomic E-state index is 8.49. The van der Waals surface area contributed by atoms with Crippen LogP contribution in [0.15, 0.2) is 60.9 Å². The van der Waals surface area contributed by atoms with Crippen LogP contribution in [0.2, 0.25) is 0 Å². The summed E-state index contributed by atoms with van der Waals surface area (Å²) in [4.78, 5) is 0. The van der Waals surface area contributed by atoms with Crippen LogP contribution in [0.5, 0.6) is 0 Å². The van der Waals surface area contributed by atoms with E-state index in [4.69, 9.17) is 18.6 Å². The van der Waals surface area contributed by atoms with E-state index in [-0.39, 0.29) is 0 Å². The topological polar surface area (TPSA) is 96.1 Å². The summed E-state index contributed by atoms with van der Waals surface area (Å²) in [5, 5.41) is 0. The molecule has 1 aromatic carbocycles. The first-order valence-electron chi connectivity index (χ1n) is 4.60. The molecule has 0 amide bonds. The first kappa shape index (κ1) is 13.6. The molecule has 0 unspecified atom stereocenters. The highest BCUT2D eigenvalue weighted by Crippen LogP contribution is 1.96. The molecule has 2 aromatic rings. The molecule has 1 aromatic heterocycles. The number of para-hydroxylation sites is 1. The summed E-state index contributed by atoms with van der Waals surface area (Å²) in [7, 11) is -4.94. The van der Waals surface area contributed by atoms with Gasteiger partial charge in [0.15, 0.2) is 12.4 Å². The number of nitrogens with zero attached hydrogens (tertiary/aromatic N) is 1. The Labute approximate surface area is 101 Å². The van der Waals surface area contributed by atoms with E-state index in [2.05, 4.69) is 16.7 Å². The van der Waals surface area contributed by atoms with Crippen molar-refractivity contribution in [3.8, 4) is 5.69 Å². The number of hydrogen-bond donors (Lipinski definition) is 0. The van der Waals surface area contributed by atoms with Gasteiger partial charge in [-0.25, -0.2) is 18.6 Å². The lowest BCUT2D eigenvalue weighted by Gasteiger charge is -2.17. The Morgan fingerprint density at radius 2 is 1.12 bits per heavy atom. The third-order valence-electron chi connectivity index (χ3n) is 1.77. The van der Waals surface area contributed by atoms with Crippen LogP contribution in [-0.2, 0) is 0 Å². The van der Waals surface area contributed by atoms with Crippen LogP contribution in [0.1, 0.15) is 0 Å². The zero-order valence-corrected chi connectivity index (χ0v) is 9.49. The van der Waals surface area contributed by atoms with Crippen molar-refractivity contribution in [3.63, 3.8) is 0 Å². The van der Waals surface area contributed by atoms with Gasteiger partial charge in [0.05, 0.1) is 0 Å². The summed E-state index contributed by atoms with van der Waals surface area (Å²) >= 11 is 0. The first-order chi connectivity index (χ1) is 7.97. The molecule has 0 spiro atoms. The molecule has 0 radical (unpaired) electrons. The largest absolute Gasteiger partial charge is 0.222 e. The Bertz CT molecular complexity index is 387. The van der Waals surface area contributed by atoms with Crippen LogP contribution >= 0.6 is 0 Å². The highest BCUT2D eigenvalue weighted by atomic mass is 35.7. The predicted octanol–water partition coefficient (Wildman–Crippen LogP) is -2.79. The molecule has 17 heavy (non-hydrogen) atoms. The minimum atomic E-state index is -4.94. The molecule has 0 aliphatic carbocycles. The van der Waals surface area contributed by atoms with Crippen molar-refractivity contribution in [2.45, 2.75) is 0 Å². The van der Waals surface area contributed by atoms with Crippen LogP contribution in [0, 0.1) is 10.2 Å². The highest BCUT2D eigenvalue weighted by molar-refractivity contribution is 5.21. The normalized spacial score (nSPS) is 10.4. The number of aromatic nitrogens is 1. The van der Waals surface area contributed by atoms with Gasteiger partial charge in [-0.2, -0.15) is 4.57 Å². The van der Waals surface area contributed by atoms with E-state index < -0.39 is 10.2 Å². The van der Waals surface area contributed by atoms with Crippen molar-refractivity contribution < 1.29 is 33.4 Å². The van der Waals surface area contributed by atoms with E-state index in [1.165, 1.54) is 5.69 Å². The summed E-state index contributed by atoms with van der Waals surface area (Å²) in [6, 6.07) is 16.3. The summed E-state index contributed by atoms with van der Waals surface area (Å²) in [6.45, 7) is 0. The van der Waals surface area contributed by atoms with Crippen LogP contribution in [-0.4, -0.2) is 0 Å². The molecule has 90 valence electrons. The molecule has 0 saturated carbocycles. The lowest BCUT2D eigenvalue weighted by atomic mass is 10.3. The average molecular weight is 256 g/mol. The molecule has 5 nitrogen and oxygen atoms in total. The van der Waals surface area contributed by atoms with Gasteiger partial charge in [0.1, 0.15) is 0 Å². The quantitative estimate of drug-likeness (QED) is 0.515. The Hall–Kier alpha value is -1.50. The molecule has 0 N–H and O–H groups in total. The molecule has 1 heterocycles. The second kappa shape index (κ2) is 6.29. The molecular formula is C11H10ClNO4. The monoisotopic (exact) mass is 255 g/mol. The second-order valence-electron chi connectivity index (χ2n) is 3.00. The fraction of sp³-hybridized carbons (Fsp3) is 0. The van der Waals surface area contributed by atoms with Crippen molar-refractivity contribution in [1.29, 1.82) is 0 Å². The number of rotatable bonds is 1. The molecular weight excluding hydrogens is 246 g/mol. The third-order valence-corrected chi connectivity index (χ3v) is 1.77. The Balaban J connectivity index is 0.000000249. The average Bonchev–Trinajstić information content (AvgIpc) is 2.29. The molecule has 0 bridgehead atoms. The van der Waals surface area contributed by atoms with Gasteiger partial charge in [0.2, 0.25) is 5.69 Å². The van der Waals surface area contributed by atoms with Gasteiger partial charge in [0.25, 0.3) is 0 Å². The van der Waals surface area contributed by atoms with Gasteiger partial charge in [-0.15, -0.1) is 10.2 Å². The van der Waals surface area contributed by atoms with E-state index in [1.807, 2.05) is 48.8 Å². The lowest BCUT2D eigenvalue weighted by Crippen LogP contribution is -2.68. The van der Waals surface area contributed by atoms with E-state index >= 15 is 0 Å². The minimum absolute atomic E-state index is 1.19. The standard InChI is InChI=1S/C11H10N.ClHO4/c1-3-7-11(8-4-1)12-9-5-2-6-10-12;2-1(3,4)5/h1-10H;(H,2,3,4,5)/q+1;/p-1. The molecule has 0 saturated heterocycles. The van der Waals surface area contributed by atoms with E-state index in [0.29, 0.717) is 0 Å². The fourth-order valence-corrected chi connectivity index (χ4v) is 1.17. The fourth-order valence-electron chi connectivity index (χ4n) is 1.17. The molecule has 6 heteroatoms.